The predicted octanol–water partition coefficient (Wildman–Crippen LogP) is 0.231. The van der Waals surface area contributed by atoms with Crippen LogP contribution in [0.1, 0.15) is 17.7 Å². The Morgan fingerprint density at radius 1 is 1.32 bits per heavy atom. The van der Waals surface area contributed by atoms with Crippen LogP contribution in [0.4, 0.5) is 0 Å². The topological polar surface area (TPSA) is 81.8 Å². The summed E-state index contributed by atoms with van der Waals surface area (Å²) in [6.45, 7) is 7.57. The third-order valence-corrected chi connectivity index (χ3v) is 8.10. The zero-order valence-electron chi connectivity index (χ0n) is 14.5. The molecule has 1 unspecified atom stereocenters. The van der Waals surface area contributed by atoms with Crippen molar-refractivity contribution in [1.29, 1.82) is 0 Å². The molecular formula is C16H26N4O3S2. The minimum absolute atomic E-state index is 0.176. The van der Waals surface area contributed by atoms with Gasteiger partial charge in [-0.25, -0.2) is 8.42 Å². The Bertz CT molecular complexity index is 698. The highest BCUT2D eigenvalue weighted by Crippen LogP contribution is 2.30. The highest BCUT2D eigenvalue weighted by molar-refractivity contribution is 7.91. The average Bonchev–Trinajstić information content (AvgIpc) is 3.25. The molecule has 1 atom stereocenters. The number of rotatable bonds is 6. The second-order valence-electron chi connectivity index (χ2n) is 6.52. The van der Waals surface area contributed by atoms with Crippen molar-refractivity contribution in [2.75, 3.05) is 45.8 Å². The van der Waals surface area contributed by atoms with Crippen molar-refractivity contribution in [3.8, 4) is 0 Å². The Labute approximate surface area is 153 Å². The van der Waals surface area contributed by atoms with Gasteiger partial charge in [0.2, 0.25) is 5.91 Å². The molecule has 1 aromatic rings. The van der Waals surface area contributed by atoms with Gasteiger partial charge in [-0.2, -0.15) is 4.31 Å². The maximum absolute atomic E-state index is 12.8. The minimum Gasteiger partial charge on any atom is -0.353 e. The first kappa shape index (κ1) is 18.8. The molecule has 140 valence electrons. The number of hydrogen-bond donors (Lipinski definition) is 2. The molecule has 3 rings (SSSR count). The third kappa shape index (κ3) is 4.40. The number of amides is 1. The van der Waals surface area contributed by atoms with Crippen molar-refractivity contribution in [3.05, 3.63) is 17.0 Å². The molecule has 0 bridgehead atoms. The molecule has 3 heterocycles. The van der Waals surface area contributed by atoms with Gasteiger partial charge in [0.1, 0.15) is 10.3 Å². The molecule has 2 fully saturated rings. The second kappa shape index (κ2) is 8.13. The SMILES string of the molecule is Cc1ccc(S(=O)(=O)N2CCCC2C(=O)NCCN2CCNCC2)s1. The molecule has 2 aliphatic heterocycles. The maximum Gasteiger partial charge on any atom is 0.253 e. The smallest absolute Gasteiger partial charge is 0.253 e. The summed E-state index contributed by atoms with van der Waals surface area (Å²) in [5, 5.41) is 6.22. The van der Waals surface area contributed by atoms with Gasteiger partial charge in [0, 0.05) is 50.7 Å². The normalized spacial score (nSPS) is 23.0. The number of nitrogens with one attached hydrogen (secondary N) is 2. The summed E-state index contributed by atoms with van der Waals surface area (Å²) < 4.78 is 27.3. The Morgan fingerprint density at radius 3 is 2.76 bits per heavy atom. The van der Waals surface area contributed by atoms with E-state index in [2.05, 4.69) is 15.5 Å². The Morgan fingerprint density at radius 2 is 2.08 bits per heavy atom. The van der Waals surface area contributed by atoms with Gasteiger partial charge in [-0.15, -0.1) is 11.3 Å². The van der Waals surface area contributed by atoms with E-state index in [0.29, 0.717) is 23.7 Å². The Hall–Kier alpha value is -1.00. The monoisotopic (exact) mass is 386 g/mol. The molecule has 0 aliphatic carbocycles. The molecule has 9 heteroatoms. The summed E-state index contributed by atoms with van der Waals surface area (Å²) in [6, 6.07) is 2.85. The molecule has 2 N–H and O–H groups in total. The van der Waals surface area contributed by atoms with E-state index in [1.54, 1.807) is 12.1 Å². The van der Waals surface area contributed by atoms with Crippen LogP contribution in [-0.4, -0.2) is 75.4 Å². The van der Waals surface area contributed by atoms with E-state index in [1.165, 1.54) is 15.6 Å². The van der Waals surface area contributed by atoms with Gasteiger partial charge in [0.15, 0.2) is 0 Å². The molecule has 1 amide bonds. The fraction of sp³-hybridized carbons (Fsp3) is 0.688. The van der Waals surface area contributed by atoms with Gasteiger partial charge in [0.25, 0.3) is 10.0 Å². The molecule has 0 saturated carbocycles. The number of piperazine rings is 1. The first-order valence-corrected chi connectivity index (χ1v) is 11.0. The number of thiophene rings is 1. The van der Waals surface area contributed by atoms with E-state index in [-0.39, 0.29) is 5.91 Å². The maximum atomic E-state index is 12.8. The lowest BCUT2D eigenvalue weighted by atomic mass is 10.2. The number of carbonyl (C=O) groups excluding carboxylic acids is 1. The van der Waals surface area contributed by atoms with E-state index in [9.17, 15) is 13.2 Å². The van der Waals surface area contributed by atoms with Crippen LogP contribution in [0.2, 0.25) is 0 Å². The predicted molar refractivity (Wildman–Crippen MR) is 98.3 cm³/mol. The highest BCUT2D eigenvalue weighted by Gasteiger charge is 2.39. The van der Waals surface area contributed by atoms with Crippen LogP contribution in [0.15, 0.2) is 16.3 Å². The summed E-state index contributed by atoms with van der Waals surface area (Å²) in [4.78, 5) is 15.8. The standard InChI is InChI=1S/C16H26N4O3S2/c1-13-4-5-15(24-13)25(22,23)20-9-2-3-14(20)16(21)18-8-12-19-10-6-17-7-11-19/h4-5,14,17H,2-3,6-12H2,1H3,(H,18,21). The second-order valence-corrected chi connectivity index (χ2v) is 9.93. The third-order valence-electron chi connectivity index (χ3n) is 4.72. The lowest BCUT2D eigenvalue weighted by molar-refractivity contribution is -0.124. The zero-order valence-corrected chi connectivity index (χ0v) is 16.2. The fourth-order valence-corrected chi connectivity index (χ4v) is 6.42. The van der Waals surface area contributed by atoms with E-state index >= 15 is 0 Å². The summed E-state index contributed by atoms with van der Waals surface area (Å²) in [5.74, 6) is -0.176. The highest BCUT2D eigenvalue weighted by atomic mass is 32.2. The average molecular weight is 387 g/mol. The number of aryl methyl sites for hydroxylation is 1. The molecular weight excluding hydrogens is 360 g/mol. The number of carbonyl (C=O) groups is 1. The van der Waals surface area contributed by atoms with Gasteiger partial charge >= 0.3 is 0 Å². The van der Waals surface area contributed by atoms with Gasteiger partial charge < -0.3 is 10.6 Å². The molecule has 0 radical (unpaired) electrons. The molecule has 0 aromatic carbocycles. The van der Waals surface area contributed by atoms with Gasteiger partial charge in [-0.3, -0.25) is 9.69 Å². The molecule has 2 aliphatic rings. The summed E-state index contributed by atoms with van der Waals surface area (Å²) >= 11 is 1.26. The number of sulfonamides is 1. The van der Waals surface area contributed by atoms with Crippen LogP contribution in [0.3, 0.4) is 0 Å². The molecule has 1 aromatic heterocycles. The van der Waals surface area contributed by atoms with Crippen LogP contribution in [0.25, 0.3) is 0 Å². The van der Waals surface area contributed by atoms with Gasteiger partial charge in [-0.05, 0) is 31.9 Å². The fourth-order valence-electron chi connectivity index (χ4n) is 3.35. The van der Waals surface area contributed by atoms with Crippen molar-refractivity contribution >= 4 is 27.3 Å². The van der Waals surface area contributed by atoms with Crippen LogP contribution in [0.5, 0.6) is 0 Å². The summed E-state index contributed by atoms with van der Waals surface area (Å²) in [6.07, 6.45) is 1.31. The van der Waals surface area contributed by atoms with Crippen molar-refractivity contribution in [3.63, 3.8) is 0 Å². The Balaban J connectivity index is 1.58. The van der Waals surface area contributed by atoms with Crippen LogP contribution in [-0.2, 0) is 14.8 Å². The molecule has 0 spiro atoms. The number of nitrogens with zero attached hydrogens (tertiary/aromatic N) is 2. The van der Waals surface area contributed by atoms with E-state index in [1.807, 2.05) is 6.92 Å². The van der Waals surface area contributed by atoms with E-state index < -0.39 is 16.1 Å². The van der Waals surface area contributed by atoms with Crippen molar-refractivity contribution in [1.82, 2.24) is 19.8 Å². The van der Waals surface area contributed by atoms with E-state index in [4.69, 9.17) is 0 Å². The first-order valence-electron chi connectivity index (χ1n) is 8.77. The van der Waals surface area contributed by atoms with Gasteiger partial charge in [0.05, 0.1) is 0 Å². The molecule has 7 nitrogen and oxygen atoms in total. The van der Waals surface area contributed by atoms with Crippen LogP contribution < -0.4 is 10.6 Å². The lowest BCUT2D eigenvalue weighted by Gasteiger charge is -2.28. The number of hydrogen-bond acceptors (Lipinski definition) is 6. The molecule has 2 saturated heterocycles. The Kier molecular flexibility index (Phi) is 6.11. The largest absolute Gasteiger partial charge is 0.353 e. The van der Waals surface area contributed by atoms with Crippen molar-refractivity contribution in [2.45, 2.75) is 30.0 Å². The quantitative estimate of drug-likeness (QED) is 0.732. The summed E-state index contributed by atoms with van der Waals surface area (Å²) in [5.41, 5.74) is 0. The van der Waals surface area contributed by atoms with Crippen molar-refractivity contribution < 1.29 is 13.2 Å². The lowest BCUT2D eigenvalue weighted by Crippen LogP contribution is -2.49. The zero-order chi connectivity index (χ0) is 17.9. The van der Waals surface area contributed by atoms with Crippen LogP contribution in [0, 0.1) is 6.92 Å². The minimum atomic E-state index is -3.59. The van der Waals surface area contributed by atoms with Gasteiger partial charge in [-0.1, -0.05) is 0 Å². The van der Waals surface area contributed by atoms with Crippen LogP contribution >= 0.6 is 11.3 Å². The summed E-state index contributed by atoms with van der Waals surface area (Å²) in [7, 11) is -3.59. The molecule has 25 heavy (non-hydrogen) atoms. The first-order chi connectivity index (χ1) is 12.0. The van der Waals surface area contributed by atoms with Crippen molar-refractivity contribution in [2.24, 2.45) is 0 Å². The van der Waals surface area contributed by atoms with E-state index in [0.717, 1.165) is 44.0 Å².